The summed E-state index contributed by atoms with van der Waals surface area (Å²) in [4.78, 5) is 25.8. The van der Waals surface area contributed by atoms with Crippen molar-refractivity contribution >= 4 is 11.9 Å². The molecule has 1 atom stereocenters. The van der Waals surface area contributed by atoms with E-state index < -0.39 is 29.7 Å². The zero-order valence-electron chi connectivity index (χ0n) is 10.3. The molecule has 1 rings (SSSR count). The molecular weight excluding hydrogens is 281 g/mol. The van der Waals surface area contributed by atoms with E-state index in [1.54, 1.807) is 0 Å². The minimum atomic E-state index is -4.55. The van der Waals surface area contributed by atoms with Crippen molar-refractivity contribution in [3.05, 3.63) is 29.6 Å². The fourth-order valence-corrected chi connectivity index (χ4v) is 1.27. The van der Waals surface area contributed by atoms with Crippen molar-refractivity contribution in [3.8, 4) is 0 Å². The van der Waals surface area contributed by atoms with Crippen LogP contribution in [0.5, 0.6) is 0 Å². The normalized spacial score (nSPS) is 12.8. The Morgan fingerprint density at radius 1 is 1.45 bits per heavy atom. The molecule has 9 heteroatoms. The molecule has 0 aliphatic rings. The number of nitrogens with one attached hydrogen (secondary N) is 1. The molecule has 20 heavy (non-hydrogen) atoms. The van der Waals surface area contributed by atoms with Crippen LogP contribution in [0.15, 0.2) is 18.3 Å². The maximum Gasteiger partial charge on any atom is 0.417 e. The predicted octanol–water partition coefficient (Wildman–Crippen LogP) is 0.930. The van der Waals surface area contributed by atoms with Gasteiger partial charge in [-0.05, 0) is 12.1 Å². The highest BCUT2D eigenvalue weighted by Gasteiger charge is 2.31. The second kappa shape index (κ2) is 6.33. The fourth-order valence-electron chi connectivity index (χ4n) is 1.27. The van der Waals surface area contributed by atoms with Crippen LogP contribution >= 0.6 is 0 Å². The lowest BCUT2D eigenvalue weighted by atomic mass is 10.2. The van der Waals surface area contributed by atoms with Gasteiger partial charge in [0.15, 0.2) is 6.04 Å². The maximum absolute atomic E-state index is 12.3. The van der Waals surface area contributed by atoms with Crippen molar-refractivity contribution in [1.82, 2.24) is 10.3 Å². The highest BCUT2D eigenvalue weighted by molar-refractivity contribution is 5.94. The van der Waals surface area contributed by atoms with Gasteiger partial charge in [-0.1, -0.05) is 0 Å². The van der Waals surface area contributed by atoms with Crippen LogP contribution < -0.4 is 5.32 Å². The van der Waals surface area contributed by atoms with Crippen molar-refractivity contribution < 1.29 is 32.6 Å². The summed E-state index contributed by atoms with van der Waals surface area (Å²) in [5.74, 6) is -2.23. The molecule has 110 valence electrons. The molecule has 0 radical (unpaired) electrons. The summed E-state index contributed by atoms with van der Waals surface area (Å²) in [6.45, 7) is -0.276. The van der Waals surface area contributed by atoms with E-state index in [0.29, 0.717) is 12.3 Å². The molecule has 1 aromatic heterocycles. The van der Waals surface area contributed by atoms with Gasteiger partial charge < -0.3 is 15.2 Å². The van der Waals surface area contributed by atoms with Crippen LogP contribution in [0.25, 0.3) is 0 Å². The van der Waals surface area contributed by atoms with Crippen LogP contribution in [-0.2, 0) is 15.7 Å². The van der Waals surface area contributed by atoms with Crippen LogP contribution in [0.3, 0.4) is 0 Å². The molecule has 0 bridgehead atoms. The number of pyridine rings is 1. The monoisotopic (exact) mass is 292 g/mol. The molecule has 6 nitrogen and oxygen atoms in total. The first kappa shape index (κ1) is 15.9. The van der Waals surface area contributed by atoms with Crippen molar-refractivity contribution in [3.63, 3.8) is 0 Å². The number of carbonyl (C=O) groups excluding carboxylic acids is 1. The highest BCUT2D eigenvalue weighted by atomic mass is 19.4. The summed E-state index contributed by atoms with van der Waals surface area (Å²) in [5.41, 5.74) is -1.32. The Hall–Kier alpha value is -2.16. The average Bonchev–Trinajstić information content (AvgIpc) is 2.37. The Balaban J connectivity index is 2.80. The second-order valence-corrected chi connectivity index (χ2v) is 3.75. The van der Waals surface area contributed by atoms with Crippen LogP contribution in [0, 0.1) is 0 Å². The fraction of sp³-hybridized carbons (Fsp3) is 0.364. The number of hydrogen-bond donors (Lipinski definition) is 2. The van der Waals surface area contributed by atoms with E-state index in [2.05, 4.69) is 15.0 Å². The second-order valence-electron chi connectivity index (χ2n) is 3.75. The first-order chi connectivity index (χ1) is 9.25. The third-order valence-electron chi connectivity index (χ3n) is 2.26. The Morgan fingerprint density at radius 3 is 2.50 bits per heavy atom. The van der Waals surface area contributed by atoms with Crippen molar-refractivity contribution in [2.75, 3.05) is 13.7 Å². The molecule has 0 aliphatic carbocycles. The quantitative estimate of drug-likeness (QED) is 0.843. The zero-order chi connectivity index (χ0) is 15.3. The molecule has 0 spiro atoms. The molecular formula is C11H11F3N2O4. The summed E-state index contributed by atoms with van der Waals surface area (Å²) in [6.07, 6.45) is -4.05. The number of aromatic nitrogens is 1. The Morgan fingerprint density at radius 2 is 2.10 bits per heavy atom. The third kappa shape index (κ3) is 4.19. The van der Waals surface area contributed by atoms with Gasteiger partial charge in [0, 0.05) is 13.3 Å². The number of aliphatic carboxylic acids is 1. The largest absolute Gasteiger partial charge is 0.480 e. The number of alkyl halides is 3. The van der Waals surface area contributed by atoms with Crippen LogP contribution in [0.2, 0.25) is 0 Å². The summed E-state index contributed by atoms with van der Waals surface area (Å²) < 4.78 is 41.5. The van der Waals surface area contributed by atoms with Gasteiger partial charge in [-0.25, -0.2) is 4.79 Å². The Bertz CT molecular complexity index is 487. The third-order valence-corrected chi connectivity index (χ3v) is 2.26. The minimum absolute atomic E-state index is 0.276. The van der Waals surface area contributed by atoms with Gasteiger partial charge in [-0.3, -0.25) is 9.78 Å². The van der Waals surface area contributed by atoms with Crippen LogP contribution in [0.1, 0.15) is 16.1 Å². The van der Waals surface area contributed by atoms with E-state index in [0.717, 1.165) is 6.07 Å². The van der Waals surface area contributed by atoms with Crippen molar-refractivity contribution in [2.45, 2.75) is 12.2 Å². The lowest BCUT2D eigenvalue weighted by Crippen LogP contribution is -2.44. The summed E-state index contributed by atoms with van der Waals surface area (Å²) in [7, 11) is 1.25. The molecule has 2 N–H and O–H groups in total. The van der Waals surface area contributed by atoms with Crippen molar-refractivity contribution in [1.29, 1.82) is 0 Å². The van der Waals surface area contributed by atoms with E-state index in [4.69, 9.17) is 5.11 Å². The Labute approximate surface area is 111 Å². The SMILES string of the molecule is COCC(NC(=O)c1ccc(C(F)(F)F)cn1)C(=O)O. The Kier molecular flexibility index (Phi) is 5.03. The van der Waals surface area contributed by atoms with Gasteiger partial charge in [0.1, 0.15) is 5.69 Å². The van der Waals surface area contributed by atoms with E-state index in [-0.39, 0.29) is 12.3 Å². The first-order valence-corrected chi connectivity index (χ1v) is 5.31. The van der Waals surface area contributed by atoms with Gasteiger partial charge in [-0.2, -0.15) is 13.2 Å². The molecule has 0 aliphatic heterocycles. The molecule has 1 unspecified atom stereocenters. The van der Waals surface area contributed by atoms with E-state index in [1.165, 1.54) is 7.11 Å². The topological polar surface area (TPSA) is 88.5 Å². The molecule has 0 saturated carbocycles. The maximum atomic E-state index is 12.3. The van der Waals surface area contributed by atoms with Crippen LogP contribution in [-0.4, -0.2) is 41.7 Å². The number of carboxylic acids is 1. The number of rotatable bonds is 5. The molecule has 0 fully saturated rings. The average molecular weight is 292 g/mol. The summed E-state index contributed by atoms with van der Waals surface area (Å²) in [5, 5.41) is 10.9. The highest BCUT2D eigenvalue weighted by Crippen LogP contribution is 2.28. The van der Waals surface area contributed by atoms with Gasteiger partial charge in [-0.15, -0.1) is 0 Å². The van der Waals surface area contributed by atoms with E-state index >= 15 is 0 Å². The number of nitrogens with zero attached hydrogens (tertiary/aromatic N) is 1. The molecule has 1 heterocycles. The number of halogens is 3. The van der Waals surface area contributed by atoms with Crippen LogP contribution in [0.4, 0.5) is 13.2 Å². The molecule has 1 amide bonds. The van der Waals surface area contributed by atoms with Gasteiger partial charge in [0.2, 0.25) is 0 Å². The number of hydrogen-bond acceptors (Lipinski definition) is 4. The molecule has 1 aromatic rings. The number of carbonyl (C=O) groups is 2. The molecule has 0 saturated heterocycles. The predicted molar refractivity (Wildman–Crippen MR) is 60.0 cm³/mol. The zero-order valence-corrected chi connectivity index (χ0v) is 10.3. The smallest absolute Gasteiger partial charge is 0.417 e. The lowest BCUT2D eigenvalue weighted by Gasteiger charge is -2.13. The number of amides is 1. The summed E-state index contributed by atoms with van der Waals surface area (Å²) >= 11 is 0. The standard InChI is InChI=1S/C11H11F3N2O4/c1-20-5-8(10(18)19)16-9(17)7-3-2-6(4-15-7)11(12,13)14/h2-4,8H,5H2,1H3,(H,16,17)(H,18,19). The number of ether oxygens (including phenoxy) is 1. The minimum Gasteiger partial charge on any atom is -0.480 e. The lowest BCUT2D eigenvalue weighted by molar-refractivity contribution is -0.140. The molecule has 0 aromatic carbocycles. The first-order valence-electron chi connectivity index (χ1n) is 5.31. The number of methoxy groups -OCH3 is 1. The van der Waals surface area contributed by atoms with E-state index in [1.807, 2.05) is 0 Å². The number of carboxylic acid groups (broad SMARTS) is 1. The van der Waals surface area contributed by atoms with Gasteiger partial charge >= 0.3 is 12.1 Å². The van der Waals surface area contributed by atoms with Gasteiger partial charge in [0.05, 0.1) is 12.2 Å². The van der Waals surface area contributed by atoms with Crippen molar-refractivity contribution in [2.24, 2.45) is 0 Å². The van der Waals surface area contributed by atoms with Gasteiger partial charge in [0.25, 0.3) is 5.91 Å². The van der Waals surface area contributed by atoms with E-state index in [9.17, 15) is 22.8 Å². The summed E-state index contributed by atoms with van der Waals surface area (Å²) in [6, 6.07) is 0.245.